The summed E-state index contributed by atoms with van der Waals surface area (Å²) in [5.74, 6) is -1.56. The number of phenols is 3. The first-order valence-corrected chi connectivity index (χ1v) is 6.93. The molecule has 0 aliphatic rings. The van der Waals surface area contributed by atoms with Gasteiger partial charge in [0.25, 0.3) is 0 Å². The lowest BCUT2D eigenvalue weighted by Crippen LogP contribution is -2.03. The second kappa shape index (κ2) is 5.38. The minimum Gasteiger partial charge on any atom is -0.507 e. The van der Waals surface area contributed by atoms with Crippen LogP contribution in [0.3, 0.4) is 0 Å². The third kappa shape index (κ3) is 2.18. The van der Waals surface area contributed by atoms with Gasteiger partial charge in [-0.1, -0.05) is 0 Å². The maximum Gasteiger partial charge on any atom is 0.238 e. The number of fused-ring (bicyclic) bond motifs is 1. The zero-order chi connectivity index (χ0) is 17.6. The van der Waals surface area contributed by atoms with Gasteiger partial charge in [-0.2, -0.15) is 0 Å². The van der Waals surface area contributed by atoms with E-state index >= 15 is 0 Å². The van der Waals surface area contributed by atoms with Crippen LogP contribution in [-0.4, -0.2) is 27.5 Å². The molecule has 7 heteroatoms. The van der Waals surface area contributed by atoms with Crippen LogP contribution in [0.5, 0.6) is 28.7 Å². The highest BCUT2D eigenvalue weighted by atomic mass is 16.5. The molecule has 3 rings (SSSR count). The van der Waals surface area contributed by atoms with Gasteiger partial charge >= 0.3 is 0 Å². The van der Waals surface area contributed by atoms with E-state index in [1.165, 1.54) is 38.3 Å². The molecule has 3 aromatic rings. The van der Waals surface area contributed by atoms with E-state index in [0.717, 1.165) is 0 Å². The molecule has 2 aromatic carbocycles. The molecular weight excluding hydrogens is 316 g/mol. The Labute approximate surface area is 135 Å². The van der Waals surface area contributed by atoms with Crippen LogP contribution in [0.2, 0.25) is 0 Å². The van der Waals surface area contributed by atoms with Crippen LogP contribution in [0.15, 0.2) is 33.5 Å². The van der Waals surface area contributed by atoms with Crippen molar-refractivity contribution in [1.29, 1.82) is 0 Å². The second-order valence-electron chi connectivity index (χ2n) is 5.24. The lowest BCUT2D eigenvalue weighted by atomic mass is 10.1. The molecule has 0 saturated heterocycles. The first-order chi connectivity index (χ1) is 11.3. The van der Waals surface area contributed by atoms with Crippen LogP contribution in [0.25, 0.3) is 22.3 Å². The van der Waals surface area contributed by atoms with Crippen molar-refractivity contribution < 1.29 is 29.6 Å². The smallest absolute Gasteiger partial charge is 0.238 e. The normalized spacial score (nSPS) is 10.9. The van der Waals surface area contributed by atoms with E-state index in [1.807, 2.05) is 0 Å². The fourth-order valence-electron chi connectivity index (χ4n) is 2.42. The predicted octanol–water partition coefficient (Wildman–Crippen LogP) is 2.60. The number of methoxy groups -OCH3 is 1. The van der Waals surface area contributed by atoms with Crippen molar-refractivity contribution in [2.75, 3.05) is 7.11 Å². The first kappa shape index (κ1) is 15.5. The molecule has 7 nitrogen and oxygen atoms in total. The minimum absolute atomic E-state index is 0.0829. The Balaban J connectivity index is 2.37. The monoisotopic (exact) mass is 330 g/mol. The van der Waals surface area contributed by atoms with E-state index in [1.54, 1.807) is 0 Å². The molecule has 0 radical (unpaired) electrons. The molecule has 1 heterocycles. The average molecular weight is 330 g/mol. The van der Waals surface area contributed by atoms with Gasteiger partial charge in [-0.05, 0) is 25.1 Å². The van der Waals surface area contributed by atoms with Crippen molar-refractivity contribution in [2.45, 2.75) is 6.92 Å². The number of hydrogen-bond acceptors (Lipinski definition) is 7. The van der Waals surface area contributed by atoms with Gasteiger partial charge in [0, 0.05) is 17.2 Å². The summed E-state index contributed by atoms with van der Waals surface area (Å²) >= 11 is 0. The number of ether oxygens (including phenoxy) is 1. The molecular formula is C17H14O7. The fraction of sp³-hybridized carbons (Fsp3) is 0.118. The second-order valence-corrected chi connectivity index (χ2v) is 5.24. The summed E-state index contributed by atoms with van der Waals surface area (Å²) < 4.78 is 10.5. The topological polar surface area (TPSA) is 120 Å². The van der Waals surface area contributed by atoms with Crippen molar-refractivity contribution in [2.24, 2.45) is 0 Å². The third-order valence-electron chi connectivity index (χ3n) is 3.80. The van der Waals surface area contributed by atoms with Crippen LogP contribution in [0.1, 0.15) is 5.56 Å². The van der Waals surface area contributed by atoms with Gasteiger partial charge in [0.15, 0.2) is 17.3 Å². The van der Waals surface area contributed by atoms with E-state index in [-0.39, 0.29) is 45.1 Å². The summed E-state index contributed by atoms with van der Waals surface area (Å²) in [7, 11) is 1.36. The largest absolute Gasteiger partial charge is 0.507 e. The number of phenolic OH excluding ortho intramolecular Hbond substituents is 3. The number of rotatable bonds is 2. The molecule has 0 atom stereocenters. The minimum atomic E-state index is -0.834. The summed E-state index contributed by atoms with van der Waals surface area (Å²) in [6.45, 7) is 1.43. The zero-order valence-corrected chi connectivity index (χ0v) is 12.8. The molecule has 0 unspecified atom stereocenters. The Hall–Kier alpha value is -3.35. The summed E-state index contributed by atoms with van der Waals surface area (Å²) in [5.41, 5.74) is -0.534. The highest BCUT2D eigenvalue weighted by Gasteiger charge is 2.21. The van der Waals surface area contributed by atoms with E-state index in [9.17, 15) is 25.2 Å². The highest BCUT2D eigenvalue weighted by molar-refractivity contribution is 5.89. The van der Waals surface area contributed by atoms with Gasteiger partial charge in [0.2, 0.25) is 11.2 Å². The van der Waals surface area contributed by atoms with Crippen LogP contribution in [0, 0.1) is 6.92 Å². The van der Waals surface area contributed by atoms with Gasteiger partial charge in [-0.15, -0.1) is 0 Å². The Bertz CT molecular complexity index is 1020. The van der Waals surface area contributed by atoms with Crippen molar-refractivity contribution in [3.8, 4) is 40.1 Å². The maximum atomic E-state index is 12.4. The Morgan fingerprint density at radius 1 is 1.00 bits per heavy atom. The summed E-state index contributed by atoms with van der Waals surface area (Å²) in [5, 5.41) is 39.4. The number of aromatic hydroxyl groups is 4. The van der Waals surface area contributed by atoms with Gasteiger partial charge in [0.1, 0.15) is 22.5 Å². The summed E-state index contributed by atoms with van der Waals surface area (Å²) in [6, 6.07) is 5.32. The Kier molecular flexibility index (Phi) is 3.48. The molecule has 4 N–H and O–H groups in total. The van der Waals surface area contributed by atoms with E-state index in [0.29, 0.717) is 0 Å². The molecule has 24 heavy (non-hydrogen) atoms. The number of hydrogen-bond donors (Lipinski definition) is 4. The molecule has 0 amide bonds. The van der Waals surface area contributed by atoms with E-state index in [4.69, 9.17) is 9.15 Å². The van der Waals surface area contributed by atoms with E-state index < -0.39 is 16.9 Å². The Morgan fingerprint density at radius 2 is 1.71 bits per heavy atom. The third-order valence-corrected chi connectivity index (χ3v) is 3.80. The van der Waals surface area contributed by atoms with Crippen molar-refractivity contribution in [1.82, 2.24) is 0 Å². The maximum absolute atomic E-state index is 12.4. The highest BCUT2D eigenvalue weighted by Crippen LogP contribution is 2.39. The van der Waals surface area contributed by atoms with Gasteiger partial charge in [-0.25, -0.2) is 0 Å². The van der Waals surface area contributed by atoms with Crippen molar-refractivity contribution >= 4 is 11.0 Å². The molecule has 0 fully saturated rings. The zero-order valence-electron chi connectivity index (χ0n) is 12.8. The lowest BCUT2D eigenvalue weighted by molar-refractivity contribution is 0.373. The molecule has 0 bridgehead atoms. The summed E-state index contributed by atoms with van der Waals surface area (Å²) in [4.78, 5) is 12.4. The average Bonchev–Trinajstić information content (AvgIpc) is 2.56. The van der Waals surface area contributed by atoms with Crippen LogP contribution < -0.4 is 10.2 Å². The van der Waals surface area contributed by atoms with Crippen LogP contribution in [0.4, 0.5) is 0 Å². The predicted molar refractivity (Wildman–Crippen MR) is 85.9 cm³/mol. The van der Waals surface area contributed by atoms with Gasteiger partial charge < -0.3 is 29.6 Å². The molecule has 1 aromatic heterocycles. The first-order valence-electron chi connectivity index (χ1n) is 6.93. The quantitative estimate of drug-likeness (QED) is 0.570. The van der Waals surface area contributed by atoms with Crippen molar-refractivity contribution in [3.05, 3.63) is 40.1 Å². The molecule has 0 saturated carbocycles. The van der Waals surface area contributed by atoms with Crippen LogP contribution in [-0.2, 0) is 0 Å². The van der Waals surface area contributed by atoms with Crippen molar-refractivity contribution in [3.63, 3.8) is 0 Å². The molecule has 124 valence electrons. The lowest BCUT2D eigenvalue weighted by Gasteiger charge is -2.10. The van der Waals surface area contributed by atoms with Crippen LogP contribution >= 0.6 is 0 Å². The Morgan fingerprint density at radius 3 is 2.38 bits per heavy atom. The van der Waals surface area contributed by atoms with Gasteiger partial charge in [0.05, 0.1) is 7.11 Å². The molecule has 0 aliphatic carbocycles. The SMILES string of the molecule is COc1cc(-c2oc3cc(O)c(C)c(O)c3c(=O)c2O)ccc1O. The fourth-order valence-corrected chi connectivity index (χ4v) is 2.42. The van der Waals surface area contributed by atoms with Gasteiger partial charge in [-0.3, -0.25) is 4.79 Å². The number of benzene rings is 2. The summed E-state index contributed by atoms with van der Waals surface area (Å²) in [6.07, 6.45) is 0. The van der Waals surface area contributed by atoms with E-state index in [2.05, 4.69) is 0 Å². The molecule has 0 aliphatic heterocycles. The standard InChI is InChI=1S/C17H14O7/c1-7-10(19)6-12-13(14(7)20)15(21)16(22)17(24-12)8-3-4-9(18)11(5-8)23-2/h3-6,18-20,22H,1-2H3. The molecule has 0 spiro atoms.